The molecule has 0 saturated carbocycles. The maximum atomic E-state index is 11.2. The number of carbonyl (C=O) groups is 1. The van der Waals surface area contributed by atoms with Gasteiger partial charge in [0.2, 0.25) is 0 Å². The fourth-order valence-corrected chi connectivity index (χ4v) is 2.72. The molecule has 0 radical (unpaired) electrons. The van der Waals surface area contributed by atoms with Crippen molar-refractivity contribution in [1.82, 2.24) is 4.90 Å². The lowest BCUT2D eigenvalue weighted by molar-refractivity contribution is -0.143. The van der Waals surface area contributed by atoms with E-state index in [0.29, 0.717) is 25.2 Å². The Kier molecular flexibility index (Phi) is 6.09. The van der Waals surface area contributed by atoms with Crippen LogP contribution in [-0.2, 0) is 9.53 Å². The molecule has 4 heteroatoms. The Morgan fingerprint density at radius 1 is 1.33 bits per heavy atom. The van der Waals surface area contributed by atoms with Crippen molar-refractivity contribution in [2.75, 3.05) is 19.8 Å². The van der Waals surface area contributed by atoms with E-state index in [2.05, 4.69) is 32.6 Å². The van der Waals surface area contributed by atoms with E-state index in [9.17, 15) is 9.90 Å². The summed E-state index contributed by atoms with van der Waals surface area (Å²) in [5.41, 5.74) is 0. The number of rotatable bonds is 7. The summed E-state index contributed by atoms with van der Waals surface area (Å²) in [6.07, 6.45) is 2.30. The van der Waals surface area contributed by atoms with Gasteiger partial charge in [-0.1, -0.05) is 20.8 Å². The van der Waals surface area contributed by atoms with E-state index >= 15 is 0 Å². The number of carboxylic acid groups (broad SMARTS) is 1. The highest BCUT2D eigenvalue weighted by atomic mass is 16.5. The van der Waals surface area contributed by atoms with Crippen LogP contribution in [0.3, 0.4) is 0 Å². The maximum absolute atomic E-state index is 11.2. The lowest BCUT2D eigenvalue weighted by Gasteiger charge is -2.35. The Labute approximate surface area is 110 Å². The largest absolute Gasteiger partial charge is 0.481 e. The molecule has 0 aromatic heterocycles. The van der Waals surface area contributed by atoms with Gasteiger partial charge in [-0.15, -0.1) is 0 Å². The van der Waals surface area contributed by atoms with Gasteiger partial charge in [0.1, 0.15) is 0 Å². The quantitative estimate of drug-likeness (QED) is 0.760. The molecule has 1 rings (SSSR count). The molecule has 1 fully saturated rings. The second kappa shape index (κ2) is 7.10. The Morgan fingerprint density at radius 3 is 2.50 bits per heavy atom. The van der Waals surface area contributed by atoms with Gasteiger partial charge in [-0.3, -0.25) is 9.69 Å². The number of hydrogen-bond donors (Lipinski definition) is 1. The van der Waals surface area contributed by atoms with E-state index < -0.39 is 5.97 Å². The van der Waals surface area contributed by atoms with Crippen molar-refractivity contribution in [3.05, 3.63) is 0 Å². The van der Waals surface area contributed by atoms with Gasteiger partial charge in [0, 0.05) is 12.1 Å². The van der Waals surface area contributed by atoms with E-state index in [0.717, 1.165) is 13.0 Å². The Morgan fingerprint density at radius 2 is 2.00 bits per heavy atom. The highest BCUT2D eigenvalue weighted by molar-refractivity contribution is 5.71. The molecule has 1 N–H and O–H groups in total. The molecule has 0 amide bonds. The third-order valence-electron chi connectivity index (χ3n) is 3.89. The molecule has 0 aromatic carbocycles. The third-order valence-corrected chi connectivity index (χ3v) is 3.89. The fraction of sp³-hybridized carbons (Fsp3) is 0.929. The fourth-order valence-electron chi connectivity index (χ4n) is 2.72. The predicted molar refractivity (Wildman–Crippen MR) is 71.6 cm³/mol. The lowest BCUT2D eigenvalue weighted by atomic mass is 9.97. The van der Waals surface area contributed by atoms with Gasteiger partial charge in [0.25, 0.3) is 0 Å². The lowest BCUT2D eigenvalue weighted by Crippen LogP contribution is -2.47. The van der Waals surface area contributed by atoms with Crippen molar-refractivity contribution in [2.24, 2.45) is 11.8 Å². The molecule has 106 valence electrons. The Hall–Kier alpha value is -0.610. The van der Waals surface area contributed by atoms with Gasteiger partial charge in [-0.05, 0) is 32.2 Å². The zero-order valence-corrected chi connectivity index (χ0v) is 12.1. The molecule has 1 heterocycles. The molecule has 3 atom stereocenters. The van der Waals surface area contributed by atoms with Gasteiger partial charge < -0.3 is 9.84 Å². The number of carboxylic acids is 1. The number of ether oxygens (including phenoxy) is 1. The minimum Gasteiger partial charge on any atom is -0.481 e. The topological polar surface area (TPSA) is 49.8 Å². The Balaban J connectivity index is 2.61. The Bertz CT molecular complexity index is 268. The summed E-state index contributed by atoms with van der Waals surface area (Å²) in [5.74, 6) is -0.403. The van der Waals surface area contributed by atoms with Gasteiger partial charge >= 0.3 is 5.97 Å². The van der Waals surface area contributed by atoms with Crippen molar-refractivity contribution >= 4 is 5.97 Å². The standard InChI is InChI=1S/C14H27NO3/c1-5-15(11(4)7-6-10(2)3)13-9-18-8-12(13)14(16)17/h10-13H,5-9H2,1-4H3,(H,16,17). The first kappa shape index (κ1) is 15.4. The SMILES string of the molecule is CCN(C(C)CCC(C)C)C1COCC1C(=O)O. The molecule has 0 bridgehead atoms. The number of nitrogens with zero attached hydrogens (tertiary/aromatic N) is 1. The van der Waals surface area contributed by atoms with Crippen molar-refractivity contribution in [3.8, 4) is 0 Å². The summed E-state index contributed by atoms with van der Waals surface area (Å²) in [5, 5.41) is 9.22. The minimum absolute atomic E-state index is 0.0367. The highest BCUT2D eigenvalue weighted by Crippen LogP contribution is 2.24. The van der Waals surface area contributed by atoms with Crippen molar-refractivity contribution in [3.63, 3.8) is 0 Å². The first-order chi connectivity index (χ1) is 8.47. The molecular formula is C14H27NO3. The summed E-state index contributed by atoms with van der Waals surface area (Å²) in [6.45, 7) is 10.5. The van der Waals surface area contributed by atoms with E-state index in [4.69, 9.17) is 4.74 Å². The minimum atomic E-state index is -0.730. The van der Waals surface area contributed by atoms with E-state index in [1.165, 1.54) is 6.42 Å². The van der Waals surface area contributed by atoms with Crippen LogP contribution >= 0.6 is 0 Å². The van der Waals surface area contributed by atoms with Gasteiger partial charge in [0.15, 0.2) is 0 Å². The maximum Gasteiger partial charge on any atom is 0.310 e. The summed E-state index contributed by atoms with van der Waals surface area (Å²) in [6, 6.07) is 0.459. The summed E-state index contributed by atoms with van der Waals surface area (Å²) < 4.78 is 5.37. The van der Waals surface area contributed by atoms with Crippen LogP contribution in [0.15, 0.2) is 0 Å². The predicted octanol–water partition coefficient (Wildman–Crippen LogP) is 2.23. The summed E-state index contributed by atoms with van der Waals surface area (Å²) in [7, 11) is 0. The molecule has 3 unspecified atom stereocenters. The number of aliphatic carboxylic acids is 1. The van der Waals surface area contributed by atoms with Crippen molar-refractivity contribution in [2.45, 2.75) is 52.6 Å². The molecule has 18 heavy (non-hydrogen) atoms. The molecular weight excluding hydrogens is 230 g/mol. The van der Waals surface area contributed by atoms with Crippen LogP contribution in [0, 0.1) is 11.8 Å². The van der Waals surface area contributed by atoms with Gasteiger partial charge in [-0.25, -0.2) is 0 Å². The van der Waals surface area contributed by atoms with Crippen LogP contribution < -0.4 is 0 Å². The molecule has 4 nitrogen and oxygen atoms in total. The average molecular weight is 257 g/mol. The second-order valence-corrected chi connectivity index (χ2v) is 5.70. The van der Waals surface area contributed by atoms with Crippen LogP contribution in [0.5, 0.6) is 0 Å². The van der Waals surface area contributed by atoms with Crippen molar-refractivity contribution < 1.29 is 14.6 Å². The smallest absolute Gasteiger partial charge is 0.310 e. The summed E-state index contributed by atoms with van der Waals surface area (Å²) in [4.78, 5) is 13.5. The average Bonchev–Trinajstić information content (AvgIpc) is 2.76. The van der Waals surface area contributed by atoms with Crippen LogP contribution in [-0.4, -0.2) is 47.8 Å². The third kappa shape index (κ3) is 3.95. The normalized spacial score (nSPS) is 25.9. The summed E-state index contributed by atoms with van der Waals surface area (Å²) >= 11 is 0. The van der Waals surface area contributed by atoms with Crippen LogP contribution in [0.1, 0.15) is 40.5 Å². The highest BCUT2D eigenvalue weighted by Gasteiger charge is 2.38. The molecule has 1 aliphatic heterocycles. The van der Waals surface area contributed by atoms with Crippen molar-refractivity contribution in [1.29, 1.82) is 0 Å². The first-order valence-corrected chi connectivity index (χ1v) is 7.03. The van der Waals surface area contributed by atoms with E-state index in [-0.39, 0.29) is 12.0 Å². The van der Waals surface area contributed by atoms with Crippen LogP contribution in [0.2, 0.25) is 0 Å². The number of likely N-dealkylation sites (N-methyl/N-ethyl adjacent to an activating group) is 1. The van der Waals surface area contributed by atoms with E-state index in [1.54, 1.807) is 0 Å². The first-order valence-electron chi connectivity index (χ1n) is 7.03. The van der Waals surface area contributed by atoms with E-state index in [1.807, 2.05) is 0 Å². The molecule has 0 aliphatic carbocycles. The van der Waals surface area contributed by atoms with Crippen LogP contribution in [0.25, 0.3) is 0 Å². The molecule has 0 spiro atoms. The van der Waals surface area contributed by atoms with Gasteiger partial charge in [0.05, 0.1) is 19.1 Å². The number of hydrogen-bond acceptors (Lipinski definition) is 3. The monoisotopic (exact) mass is 257 g/mol. The molecule has 0 aromatic rings. The second-order valence-electron chi connectivity index (χ2n) is 5.70. The van der Waals surface area contributed by atoms with Gasteiger partial charge in [-0.2, -0.15) is 0 Å². The molecule has 1 aliphatic rings. The zero-order valence-electron chi connectivity index (χ0n) is 12.1. The van der Waals surface area contributed by atoms with Crippen LogP contribution in [0.4, 0.5) is 0 Å². The molecule has 1 saturated heterocycles. The zero-order chi connectivity index (χ0) is 13.7.